The van der Waals surface area contributed by atoms with Crippen molar-refractivity contribution < 1.29 is 17.9 Å². The Balaban J connectivity index is 1.41. The third-order valence-corrected chi connectivity index (χ3v) is 6.99. The van der Waals surface area contributed by atoms with Crippen LogP contribution in [0.4, 0.5) is 0 Å². The van der Waals surface area contributed by atoms with Gasteiger partial charge in [0.2, 0.25) is 15.9 Å². The molecule has 0 radical (unpaired) electrons. The van der Waals surface area contributed by atoms with Crippen LogP contribution in [0, 0.1) is 6.92 Å². The van der Waals surface area contributed by atoms with Crippen molar-refractivity contribution in [2.45, 2.75) is 36.9 Å². The van der Waals surface area contributed by atoms with Gasteiger partial charge in [0.1, 0.15) is 24.3 Å². The molecule has 3 aromatic rings. The molecule has 2 aliphatic rings. The van der Waals surface area contributed by atoms with Gasteiger partial charge in [0.15, 0.2) is 5.52 Å². The average molecular weight is 481 g/mol. The van der Waals surface area contributed by atoms with Crippen molar-refractivity contribution in [3.63, 3.8) is 0 Å². The second kappa shape index (κ2) is 9.53. The van der Waals surface area contributed by atoms with Crippen LogP contribution in [-0.4, -0.2) is 67.3 Å². The van der Waals surface area contributed by atoms with Crippen LogP contribution in [-0.2, 0) is 14.8 Å². The van der Waals surface area contributed by atoms with Gasteiger partial charge in [-0.2, -0.15) is 9.71 Å². The van der Waals surface area contributed by atoms with Crippen LogP contribution in [0.1, 0.15) is 24.1 Å². The smallest absolute Gasteiger partial charge is 0.244 e. The number of nitrogens with zero attached hydrogens (tertiary/aromatic N) is 5. The zero-order valence-electron chi connectivity index (χ0n) is 18.6. The van der Waals surface area contributed by atoms with Crippen molar-refractivity contribution in [3.8, 4) is 5.88 Å². The van der Waals surface area contributed by atoms with Gasteiger partial charge >= 0.3 is 0 Å². The van der Waals surface area contributed by atoms with E-state index in [4.69, 9.17) is 9.47 Å². The fourth-order valence-electron chi connectivity index (χ4n) is 3.81. The molecule has 0 spiro atoms. The first-order valence-corrected chi connectivity index (χ1v) is 12.5. The summed E-state index contributed by atoms with van der Waals surface area (Å²) in [4.78, 5) is 22.3. The normalized spacial score (nSPS) is 19.2. The Labute approximate surface area is 197 Å². The predicted octanol–water partition coefficient (Wildman–Crippen LogP) is 2.07. The lowest BCUT2D eigenvalue weighted by Gasteiger charge is -2.23. The first-order valence-electron chi connectivity index (χ1n) is 11.0. The summed E-state index contributed by atoms with van der Waals surface area (Å²) in [7, 11) is -3.75. The van der Waals surface area contributed by atoms with Crippen LogP contribution < -0.4 is 9.46 Å². The summed E-state index contributed by atoms with van der Waals surface area (Å²) in [6, 6.07) is 10.3. The number of pyridine rings is 1. The first-order chi connectivity index (χ1) is 16.5. The molecule has 1 fully saturated rings. The molecule has 1 atom stereocenters. The Hall–Kier alpha value is -3.28. The number of hydrogen-bond acceptors (Lipinski definition) is 9. The maximum atomic E-state index is 12.8. The molecule has 176 valence electrons. The number of hydrogen-bond donors (Lipinski definition) is 1. The number of fused-ring (bicyclic) bond motifs is 1. The monoisotopic (exact) mass is 480 g/mol. The van der Waals surface area contributed by atoms with Gasteiger partial charge in [-0.15, -0.1) is 0 Å². The average Bonchev–Trinajstić information content (AvgIpc) is 2.85. The lowest BCUT2D eigenvalue weighted by Crippen LogP contribution is -2.38. The highest BCUT2D eigenvalue weighted by Gasteiger charge is 2.23. The molecular weight excluding hydrogens is 456 g/mol. The van der Waals surface area contributed by atoms with Crippen LogP contribution in [0.2, 0.25) is 0 Å². The van der Waals surface area contributed by atoms with E-state index in [2.05, 4.69) is 29.7 Å². The summed E-state index contributed by atoms with van der Waals surface area (Å²) >= 11 is 0. The van der Waals surface area contributed by atoms with Crippen LogP contribution in [0.3, 0.4) is 0 Å². The van der Waals surface area contributed by atoms with E-state index in [9.17, 15) is 8.42 Å². The van der Waals surface area contributed by atoms with Gasteiger partial charge in [-0.25, -0.2) is 18.4 Å². The summed E-state index contributed by atoms with van der Waals surface area (Å²) in [5, 5.41) is 0. The van der Waals surface area contributed by atoms with E-state index in [1.165, 1.54) is 6.33 Å². The highest BCUT2D eigenvalue weighted by Crippen LogP contribution is 2.23. The predicted molar refractivity (Wildman–Crippen MR) is 127 cm³/mol. The highest BCUT2D eigenvalue weighted by atomic mass is 32.2. The van der Waals surface area contributed by atoms with Crippen molar-refractivity contribution in [1.29, 1.82) is 0 Å². The van der Waals surface area contributed by atoms with Gasteiger partial charge in [0.05, 0.1) is 35.9 Å². The Bertz CT molecular complexity index is 1370. The molecule has 0 bridgehead atoms. The van der Waals surface area contributed by atoms with Crippen molar-refractivity contribution in [1.82, 2.24) is 19.7 Å². The van der Waals surface area contributed by atoms with Crippen molar-refractivity contribution in [3.05, 3.63) is 54.0 Å². The van der Waals surface area contributed by atoms with Crippen LogP contribution in [0.15, 0.2) is 57.6 Å². The van der Waals surface area contributed by atoms with E-state index in [1.54, 1.807) is 30.5 Å². The SMILES string of the molecule is Cc1cccc(S(=O)(=O)NC2CN=CC(c3ccc4ncnc(OC5CCOCC5)c4n3)=N2)c1. The first kappa shape index (κ1) is 22.5. The number of aromatic nitrogens is 3. The Morgan fingerprint density at radius 3 is 2.79 bits per heavy atom. The van der Waals surface area contributed by atoms with Crippen LogP contribution in [0.5, 0.6) is 5.88 Å². The number of aliphatic imine (C=N–C) groups is 2. The van der Waals surface area contributed by atoms with Gasteiger partial charge in [-0.1, -0.05) is 12.1 Å². The topological polar surface area (TPSA) is 128 Å². The molecule has 11 heteroatoms. The summed E-state index contributed by atoms with van der Waals surface area (Å²) in [6.45, 7) is 3.34. The number of benzene rings is 1. The lowest BCUT2D eigenvalue weighted by atomic mass is 10.1. The summed E-state index contributed by atoms with van der Waals surface area (Å²) in [5.74, 6) is 0.406. The fraction of sp³-hybridized carbons (Fsp3) is 0.348. The molecule has 5 rings (SSSR count). The third-order valence-electron chi connectivity index (χ3n) is 5.54. The van der Waals surface area contributed by atoms with E-state index < -0.39 is 16.2 Å². The van der Waals surface area contributed by atoms with E-state index >= 15 is 0 Å². The Morgan fingerprint density at radius 1 is 1.12 bits per heavy atom. The standard InChI is InChI=1S/C23H24N6O4S/c1-15-3-2-4-17(11-15)34(30,31)29-21-13-24-12-20(27-21)18-5-6-19-22(28-18)23(26-14-25-19)33-16-7-9-32-10-8-16/h2-6,11-12,14,16,21,29H,7-10,13H2,1H3. The van der Waals surface area contributed by atoms with Crippen molar-refractivity contribution in [2.24, 2.45) is 9.98 Å². The largest absolute Gasteiger partial charge is 0.473 e. The fourth-order valence-corrected chi connectivity index (χ4v) is 5.03. The zero-order chi connectivity index (χ0) is 23.5. The van der Waals surface area contributed by atoms with Gasteiger partial charge < -0.3 is 9.47 Å². The molecule has 4 heterocycles. The van der Waals surface area contributed by atoms with Crippen molar-refractivity contribution in [2.75, 3.05) is 19.8 Å². The number of sulfonamides is 1. The quantitative estimate of drug-likeness (QED) is 0.572. The minimum absolute atomic E-state index is 0.00583. The Kier molecular flexibility index (Phi) is 6.31. The molecule has 1 aromatic carbocycles. The maximum absolute atomic E-state index is 12.8. The lowest BCUT2D eigenvalue weighted by molar-refractivity contribution is 0.0243. The van der Waals surface area contributed by atoms with Gasteiger partial charge in [0, 0.05) is 19.1 Å². The molecule has 2 aromatic heterocycles. The molecule has 2 aliphatic heterocycles. The Morgan fingerprint density at radius 2 is 1.97 bits per heavy atom. The maximum Gasteiger partial charge on any atom is 0.244 e. The van der Waals surface area contributed by atoms with Crippen molar-refractivity contribution >= 4 is 33.0 Å². The second-order valence-electron chi connectivity index (χ2n) is 8.13. The molecule has 1 unspecified atom stereocenters. The molecule has 10 nitrogen and oxygen atoms in total. The van der Waals surface area contributed by atoms with E-state index in [1.807, 2.05) is 19.1 Å². The van der Waals surface area contributed by atoms with Gasteiger partial charge in [-0.3, -0.25) is 9.98 Å². The van der Waals surface area contributed by atoms with E-state index in [-0.39, 0.29) is 17.5 Å². The zero-order valence-corrected chi connectivity index (χ0v) is 19.4. The minimum Gasteiger partial charge on any atom is -0.473 e. The molecule has 1 N–H and O–H groups in total. The molecule has 34 heavy (non-hydrogen) atoms. The molecule has 0 saturated carbocycles. The third kappa shape index (κ3) is 4.96. The number of nitrogens with one attached hydrogen (secondary N) is 1. The van der Waals surface area contributed by atoms with E-state index in [0.29, 0.717) is 41.5 Å². The van der Waals surface area contributed by atoms with Gasteiger partial charge in [0.25, 0.3) is 0 Å². The minimum atomic E-state index is -3.75. The highest BCUT2D eigenvalue weighted by molar-refractivity contribution is 7.89. The summed E-state index contributed by atoms with van der Waals surface area (Å²) in [6.07, 6.45) is 3.88. The molecule has 1 saturated heterocycles. The number of rotatable bonds is 6. The second-order valence-corrected chi connectivity index (χ2v) is 9.85. The molecular formula is C23H24N6O4S. The summed E-state index contributed by atoms with van der Waals surface area (Å²) in [5.41, 5.74) is 3.01. The number of ether oxygens (including phenoxy) is 2. The molecule has 0 aliphatic carbocycles. The molecule has 0 amide bonds. The van der Waals surface area contributed by atoms with Gasteiger partial charge in [-0.05, 0) is 36.8 Å². The van der Waals surface area contributed by atoms with Crippen LogP contribution in [0.25, 0.3) is 11.0 Å². The van der Waals surface area contributed by atoms with Crippen LogP contribution >= 0.6 is 0 Å². The number of aryl methyl sites for hydroxylation is 1. The summed E-state index contributed by atoms with van der Waals surface area (Å²) < 4.78 is 39.7. The van der Waals surface area contributed by atoms with E-state index in [0.717, 1.165) is 18.4 Å².